The van der Waals surface area contributed by atoms with Gasteiger partial charge in [-0.15, -0.1) is 0 Å². The van der Waals surface area contributed by atoms with Crippen molar-refractivity contribution in [2.24, 2.45) is 0 Å². The van der Waals surface area contributed by atoms with Gasteiger partial charge in [0.25, 0.3) is 5.91 Å². The lowest BCUT2D eigenvalue weighted by Crippen LogP contribution is -2.48. The summed E-state index contributed by atoms with van der Waals surface area (Å²) < 4.78 is 27.4. The van der Waals surface area contributed by atoms with Gasteiger partial charge in [0.15, 0.2) is 0 Å². The highest BCUT2D eigenvalue weighted by atomic mass is 32.2. The van der Waals surface area contributed by atoms with Gasteiger partial charge in [0.2, 0.25) is 10.0 Å². The summed E-state index contributed by atoms with van der Waals surface area (Å²) in [5.41, 5.74) is 5.03. The van der Waals surface area contributed by atoms with Crippen molar-refractivity contribution in [3.8, 4) is 0 Å². The Morgan fingerprint density at radius 2 is 1.29 bits per heavy atom. The van der Waals surface area contributed by atoms with Crippen LogP contribution in [0.3, 0.4) is 0 Å². The first kappa shape index (κ1) is 24.1. The lowest BCUT2D eigenvalue weighted by molar-refractivity contribution is 0.0951. The summed E-state index contributed by atoms with van der Waals surface area (Å²) in [4.78, 5) is 15.1. The Morgan fingerprint density at radius 1 is 0.765 bits per heavy atom. The maximum absolute atomic E-state index is 12.9. The van der Waals surface area contributed by atoms with E-state index in [0.29, 0.717) is 43.2 Å². The number of carbonyl (C=O) groups is 1. The molecule has 1 aliphatic rings. The van der Waals surface area contributed by atoms with E-state index in [0.717, 1.165) is 23.2 Å². The van der Waals surface area contributed by atoms with Gasteiger partial charge in [-0.25, -0.2) is 8.42 Å². The molecular formula is C27H31N3O3S. The summed E-state index contributed by atoms with van der Waals surface area (Å²) in [5, 5.41) is 2.96. The van der Waals surface area contributed by atoms with Crippen LogP contribution in [0.15, 0.2) is 77.7 Å². The highest BCUT2D eigenvalue weighted by Gasteiger charge is 2.28. The Kier molecular flexibility index (Phi) is 7.46. The van der Waals surface area contributed by atoms with E-state index in [9.17, 15) is 13.2 Å². The van der Waals surface area contributed by atoms with Crippen molar-refractivity contribution in [1.29, 1.82) is 0 Å². The molecule has 3 aromatic rings. The average Bonchev–Trinajstić information content (AvgIpc) is 2.84. The zero-order valence-corrected chi connectivity index (χ0v) is 20.5. The number of carbonyl (C=O) groups excluding carboxylic acids is 1. The molecule has 1 aliphatic heterocycles. The third-order valence-corrected chi connectivity index (χ3v) is 8.10. The van der Waals surface area contributed by atoms with Crippen LogP contribution >= 0.6 is 0 Å². The molecule has 0 atom stereocenters. The average molecular weight is 478 g/mol. The minimum atomic E-state index is -3.46. The molecule has 0 bridgehead atoms. The largest absolute Gasteiger partial charge is 0.348 e. The number of amides is 1. The van der Waals surface area contributed by atoms with E-state index >= 15 is 0 Å². The van der Waals surface area contributed by atoms with Crippen molar-refractivity contribution in [3.05, 3.63) is 101 Å². The predicted molar refractivity (Wildman–Crippen MR) is 134 cm³/mol. The Balaban J connectivity index is 1.27. The van der Waals surface area contributed by atoms with Gasteiger partial charge in [0.05, 0.1) is 4.90 Å². The van der Waals surface area contributed by atoms with Crippen LogP contribution in [-0.4, -0.2) is 49.7 Å². The molecule has 1 amide bonds. The fraction of sp³-hybridized carbons (Fsp3) is 0.296. The zero-order chi connectivity index (χ0) is 24.1. The number of hydrogen-bond donors (Lipinski definition) is 1. The molecule has 0 radical (unpaired) electrons. The van der Waals surface area contributed by atoms with E-state index in [1.165, 1.54) is 5.56 Å². The standard InChI is InChI=1S/C27H31N3O3S/c1-21-3-7-23(8-4-21)19-28-27(31)25-11-9-24(10-12-25)20-29-15-17-30(18-16-29)34(32,33)26-13-5-22(2)6-14-26/h3-14H,15-20H2,1-2H3,(H,28,31). The molecule has 178 valence electrons. The molecule has 7 heteroatoms. The molecule has 0 unspecified atom stereocenters. The topological polar surface area (TPSA) is 69.7 Å². The first-order valence-electron chi connectivity index (χ1n) is 11.5. The molecule has 34 heavy (non-hydrogen) atoms. The van der Waals surface area contributed by atoms with Gasteiger partial charge in [-0.05, 0) is 49.2 Å². The number of benzene rings is 3. The number of rotatable bonds is 7. The summed E-state index contributed by atoms with van der Waals surface area (Å²) >= 11 is 0. The molecule has 3 aromatic carbocycles. The summed E-state index contributed by atoms with van der Waals surface area (Å²) in [7, 11) is -3.46. The third kappa shape index (κ3) is 5.91. The third-order valence-electron chi connectivity index (χ3n) is 6.19. The molecule has 0 aliphatic carbocycles. The molecule has 0 aromatic heterocycles. The molecule has 4 rings (SSSR count). The second-order valence-electron chi connectivity index (χ2n) is 8.86. The molecule has 1 heterocycles. The number of hydrogen-bond acceptors (Lipinski definition) is 4. The lowest BCUT2D eigenvalue weighted by Gasteiger charge is -2.34. The fourth-order valence-corrected chi connectivity index (χ4v) is 5.42. The maximum Gasteiger partial charge on any atom is 0.251 e. The van der Waals surface area contributed by atoms with Crippen LogP contribution < -0.4 is 5.32 Å². The van der Waals surface area contributed by atoms with Crippen LogP contribution in [0.4, 0.5) is 0 Å². The number of piperazine rings is 1. The summed E-state index contributed by atoms with van der Waals surface area (Å²) in [6.07, 6.45) is 0. The van der Waals surface area contributed by atoms with E-state index in [-0.39, 0.29) is 5.91 Å². The molecule has 1 N–H and O–H groups in total. The highest BCUT2D eigenvalue weighted by molar-refractivity contribution is 7.89. The highest BCUT2D eigenvalue weighted by Crippen LogP contribution is 2.19. The van der Waals surface area contributed by atoms with Crippen molar-refractivity contribution in [2.45, 2.75) is 31.8 Å². The van der Waals surface area contributed by atoms with Crippen LogP contribution in [-0.2, 0) is 23.1 Å². The molecule has 1 fully saturated rings. The minimum Gasteiger partial charge on any atom is -0.348 e. The van der Waals surface area contributed by atoms with Gasteiger partial charge >= 0.3 is 0 Å². The van der Waals surface area contributed by atoms with E-state index in [2.05, 4.69) is 10.2 Å². The monoisotopic (exact) mass is 477 g/mol. The van der Waals surface area contributed by atoms with Crippen molar-refractivity contribution in [2.75, 3.05) is 26.2 Å². The maximum atomic E-state index is 12.9. The van der Waals surface area contributed by atoms with E-state index in [4.69, 9.17) is 0 Å². The first-order chi connectivity index (χ1) is 16.3. The van der Waals surface area contributed by atoms with E-state index in [1.807, 2.05) is 74.5 Å². The van der Waals surface area contributed by atoms with Gasteiger partial charge in [-0.3, -0.25) is 9.69 Å². The Bertz CT molecular complexity index is 1210. The van der Waals surface area contributed by atoms with Crippen molar-refractivity contribution in [3.63, 3.8) is 0 Å². The van der Waals surface area contributed by atoms with Crippen LogP contribution in [0.25, 0.3) is 0 Å². The lowest BCUT2D eigenvalue weighted by atomic mass is 10.1. The minimum absolute atomic E-state index is 0.0953. The summed E-state index contributed by atoms with van der Waals surface area (Å²) in [6.45, 7) is 7.48. The SMILES string of the molecule is Cc1ccc(CNC(=O)c2ccc(CN3CCN(S(=O)(=O)c4ccc(C)cc4)CC3)cc2)cc1. The van der Waals surface area contributed by atoms with Crippen LogP contribution in [0.2, 0.25) is 0 Å². The number of sulfonamides is 1. The van der Waals surface area contributed by atoms with Crippen molar-refractivity contribution in [1.82, 2.24) is 14.5 Å². The van der Waals surface area contributed by atoms with Gasteiger partial charge in [0.1, 0.15) is 0 Å². The van der Waals surface area contributed by atoms with Crippen molar-refractivity contribution >= 4 is 15.9 Å². The quantitative estimate of drug-likeness (QED) is 0.563. The number of aryl methyl sites for hydroxylation is 2. The predicted octanol–water partition coefficient (Wildman–Crippen LogP) is 3.74. The number of nitrogens with zero attached hydrogens (tertiary/aromatic N) is 2. The smallest absolute Gasteiger partial charge is 0.251 e. The van der Waals surface area contributed by atoms with Gasteiger partial charge in [0, 0.05) is 44.8 Å². The van der Waals surface area contributed by atoms with Gasteiger partial charge in [-0.2, -0.15) is 4.31 Å². The van der Waals surface area contributed by atoms with E-state index in [1.54, 1.807) is 16.4 Å². The fourth-order valence-electron chi connectivity index (χ4n) is 4.00. The van der Waals surface area contributed by atoms with Crippen LogP contribution in [0.1, 0.15) is 32.6 Å². The van der Waals surface area contributed by atoms with Gasteiger partial charge in [-0.1, -0.05) is 59.7 Å². The second kappa shape index (κ2) is 10.5. The second-order valence-corrected chi connectivity index (χ2v) is 10.8. The Hall–Kier alpha value is -3.00. The first-order valence-corrected chi connectivity index (χ1v) is 13.0. The van der Waals surface area contributed by atoms with Gasteiger partial charge < -0.3 is 5.32 Å². The Morgan fingerprint density at radius 3 is 1.88 bits per heavy atom. The van der Waals surface area contributed by atoms with E-state index < -0.39 is 10.0 Å². The molecule has 6 nitrogen and oxygen atoms in total. The number of nitrogens with one attached hydrogen (secondary N) is 1. The van der Waals surface area contributed by atoms with Crippen molar-refractivity contribution < 1.29 is 13.2 Å². The molecule has 0 saturated carbocycles. The normalized spacial score (nSPS) is 15.2. The summed E-state index contributed by atoms with van der Waals surface area (Å²) in [5.74, 6) is -0.0953. The molecule has 0 spiro atoms. The molecule has 1 saturated heterocycles. The summed E-state index contributed by atoms with van der Waals surface area (Å²) in [6, 6.07) is 22.7. The Labute approximate surface area is 202 Å². The van der Waals surface area contributed by atoms with Crippen LogP contribution in [0.5, 0.6) is 0 Å². The molecular weight excluding hydrogens is 446 g/mol. The van der Waals surface area contributed by atoms with Crippen LogP contribution in [0, 0.1) is 13.8 Å². The zero-order valence-electron chi connectivity index (χ0n) is 19.7.